The summed E-state index contributed by atoms with van der Waals surface area (Å²) >= 11 is 0.311. The Morgan fingerprint density at radius 3 is 2.67 bits per heavy atom. The molecule has 2 aliphatic heterocycles. The van der Waals surface area contributed by atoms with E-state index in [0.29, 0.717) is 35.9 Å². The van der Waals surface area contributed by atoms with E-state index in [4.69, 9.17) is 9.47 Å². The molecule has 0 N–H and O–H groups in total. The summed E-state index contributed by atoms with van der Waals surface area (Å²) in [6, 6.07) is 4.64. The van der Waals surface area contributed by atoms with Gasteiger partial charge in [0, 0.05) is 25.0 Å². The van der Waals surface area contributed by atoms with Gasteiger partial charge in [0.2, 0.25) is 0 Å². The number of methoxy groups -OCH3 is 2. The maximum atomic E-state index is 12.5. The number of piperidine rings is 1. The lowest BCUT2D eigenvalue weighted by Crippen LogP contribution is -2.46. The molecule has 1 unspecified atom stereocenters. The molecule has 0 radical (unpaired) electrons. The van der Waals surface area contributed by atoms with Gasteiger partial charge in [-0.05, 0) is 54.4 Å². The molecule has 148 valence electrons. The van der Waals surface area contributed by atoms with Crippen molar-refractivity contribution < 1.29 is 13.4 Å². The minimum absolute atomic E-state index is 0.265. The maximum absolute atomic E-state index is 12.5. The van der Waals surface area contributed by atoms with Crippen molar-refractivity contribution in [2.24, 2.45) is 17.8 Å². The van der Waals surface area contributed by atoms with E-state index in [1.165, 1.54) is 17.5 Å². The van der Waals surface area contributed by atoms with E-state index in [1.807, 2.05) is 0 Å². The van der Waals surface area contributed by atoms with Crippen molar-refractivity contribution in [2.75, 3.05) is 33.1 Å². The fourth-order valence-corrected chi connectivity index (χ4v) is 4.80. The van der Waals surface area contributed by atoms with Gasteiger partial charge in [0.15, 0.2) is 11.5 Å². The third-order valence-electron chi connectivity index (χ3n) is 5.82. The molecular weight excluding hydrogens is 361 g/mol. The summed E-state index contributed by atoms with van der Waals surface area (Å²) in [5.41, 5.74) is 2.69. The van der Waals surface area contributed by atoms with E-state index >= 15 is 0 Å². The Morgan fingerprint density at radius 1 is 1.26 bits per heavy atom. The molecule has 0 aliphatic carbocycles. The molecular formula is C22H30FNO2S. The Kier molecular flexibility index (Phi) is 6.94. The number of halogens is 1. The Hall–Kier alpha value is -1.38. The first-order valence-electron chi connectivity index (χ1n) is 9.78. The van der Waals surface area contributed by atoms with Gasteiger partial charge in [-0.3, -0.25) is 4.90 Å². The van der Waals surface area contributed by atoms with E-state index < -0.39 is 0 Å². The average Bonchev–Trinajstić information content (AvgIpc) is 2.66. The lowest BCUT2D eigenvalue weighted by atomic mass is 9.74. The average molecular weight is 392 g/mol. The quantitative estimate of drug-likeness (QED) is 0.665. The number of hydrogen-bond acceptors (Lipinski definition) is 4. The van der Waals surface area contributed by atoms with Crippen LogP contribution in [0.25, 0.3) is 0 Å². The van der Waals surface area contributed by atoms with E-state index in [0.717, 1.165) is 37.4 Å². The molecule has 1 saturated heterocycles. The van der Waals surface area contributed by atoms with Gasteiger partial charge in [-0.2, -0.15) is 3.89 Å². The molecule has 0 bridgehead atoms. The van der Waals surface area contributed by atoms with Gasteiger partial charge < -0.3 is 9.47 Å². The standard InChI is InChI=1S/C22H30FNO2S/c1-15(2)10-18-14-24-8-7-17-12-21(25-3)22(26-4)13-19(17)20(24)11-16(18)6-5-9-27-23/h12-13,15-16,18,20H,7-11,14H2,1-4H3/t16-,18+,20?/m0/s1. The second-order valence-corrected chi connectivity index (χ2v) is 8.48. The van der Waals surface area contributed by atoms with Gasteiger partial charge >= 0.3 is 0 Å². The molecule has 3 atom stereocenters. The van der Waals surface area contributed by atoms with E-state index in [-0.39, 0.29) is 5.75 Å². The van der Waals surface area contributed by atoms with Crippen LogP contribution in [0, 0.1) is 29.6 Å². The van der Waals surface area contributed by atoms with Gasteiger partial charge in [0.1, 0.15) is 0 Å². The summed E-state index contributed by atoms with van der Waals surface area (Å²) in [5, 5.41) is 0. The molecule has 0 saturated carbocycles. The summed E-state index contributed by atoms with van der Waals surface area (Å²) in [6.45, 7) is 6.69. The smallest absolute Gasteiger partial charge is 0.161 e. The zero-order chi connectivity index (χ0) is 19.4. The van der Waals surface area contributed by atoms with Crippen LogP contribution in [-0.4, -0.2) is 38.0 Å². The van der Waals surface area contributed by atoms with Crippen molar-refractivity contribution in [2.45, 2.75) is 39.2 Å². The molecule has 27 heavy (non-hydrogen) atoms. The van der Waals surface area contributed by atoms with Crippen molar-refractivity contribution in [1.29, 1.82) is 0 Å². The molecule has 2 aliphatic rings. The van der Waals surface area contributed by atoms with Crippen molar-refractivity contribution >= 4 is 12.1 Å². The highest BCUT2D eigenvalue weighted by atomic mass is 32.2. The second kappa shape index (κ2) is 9.21. The van der Waals surface area contributed by atoms with Crippen LogP contribution < -0.4 is 9.47 Å². The molecule has 5 heteroatoms. The summed E-state index contributed by atoms with van der Waals surface area (Å²) < 4.78 is 23.5. The van der Waals surface area contributed by atoms with Crippen LogP contribution in [0.1, 0.15) is 43.9 Å². The maximum Gasteiger partial charge on any atom is 0.161 e. The monoisotopic (exact) mass is 391 g/mol. The first-order valence-corrected chi connectivity index (χ1v) is 10.7. The summed E-state index contributed by atoms with van der Waals surface area (Å²) in [7, 11) is 3.37. The highest BCUT2D eigenvalue weighted by Crippen LogP contribution is 2.45. The topological polar surface area (TPSA) is 21.7 Å². The Morgan fingerprint density at radius 2 is 2.00 bits per heavy atom. The zero-order valence-corrected chi connectivity index (χ0v) is 17.6. The van der Waals surface area contributed by atoms with Crippen LogP contribution in [0.2, 0.25) is 0 Å². The molecule has 2 heterocycles. The predicted octanol–water partition coefficient (Wildman–Crippen LogP) is 4.91. The lowest BCUT2D eigenvalue weighted by Gasteiger charge is -2.46. The number of fused-ring (bicyclic) bond motifs is 3. The number of ether oxygens (including phenoxy) is 2. The third-order valence-corrected chi connectivity index (χ3v) is 6.07. The number of rotatable bonds is 5. The van der Waals surface area contributed by atoms with Crippen molar-refractivity contribution in [3.05, 3.63) is 23.3 Å². The number of nitrogens with zero attached hydrogens (tertiary/aromatic N) is 1. The molecule has 1 aromatic rings. The summed E-state index contributed by atoms with van der Waals surface area (Å²) in [4.78, 5) is 2.61. The molecule has 0 spiro atoms. The molecule has 0 aromatic heterocycles. The number of benzene rings is 1. The minimum atomic E-state index is 0.265. The highest BCUT2D eigenvalue weighted by Gasteiger charge is 2.38. The fraction of sp³-hybridized carbons (Fsp3) is 0.636. The van der Waals surface area contributed by atoms with Crippen molar-refractivity contribution in [3.8, 4) is 23.3 Å². The van der Waals surface area contributed by atoms with Gasteiger partial charge in [-0.25, -0.2) is 0 Å². The zero-order valence-electron chi connectivity index (χ0n) is 16.8. The molecule has 3 nitrogen and oxygen atoms in total. The van der Waals surface area contributed by atoms with Crippen molar-refractivity contribution in [1.82, 2.24) is 4.90 Å². The van der Waals surface area contributed by atoms with Crippen LogP contribution in [0.3, 0.4) is 0 Å². The second-order valence-electron chi connectivity index (χ2n) is 7.97. The third kappa shape index (κ3) is 4.55. The highest BCUT2D eigenvalue weighted by molar-refractivity contribution is 7.94. The van der Waals surface area contributed by atoms with Crippen LogP contribution >= 0.6 is 12.1 Å². The van der Waals surface area contributed by atoms with E-state index in [2.05, 4.69) is 42.7 Å². The van der Waals surface area contributed by atoms with Gasteiger partial charge in [-0.15, -0.1) is 0 Å². The Bertz CT molecular complexity index is 712. The fourth-order valence-electron chi connectivity index (χ4n) is 4.66. The Balaban J connectivity index is 1.90. The Labute approximate surface area is 167 Å². The molecule has 1 aromatic carbocycles. The SMILES string of the molecule is COc1cc2c(cc1OC)C1C[C@H](C#CCSF)[C@H](CC(C)C)CN1CC2. The lowest BCUT2D eigenvalue weighted by molar-refractivity contribution is 0.0649. The summed E-state index contributed by atoms with van der Waals surface area (Å²) in [5.74, 6) is 9.82. The first-order chi connectivity index (χ1) is 13.1. The predicted molar refractivity (Wildman–Crippen MR) is 110 cm³/mol. The summed E-state index contributed by atoms with van der Waals surface area (Å²) in [6.07, 6.45) is 3.21. The normalized spacial score (nSPS) is 24.6. The molecule has 3 rings (SSSR count). The van der Waals surface area contributed by atoms with E-state index in [9.17, 15) is 3.89 Å². The van der Waals surface area contributed by atoms with Crippen LogP contribution in [0.15, 0.2) is 12.1 Å². The van der Waals surface area contributed by atoms with Crippen LogP contribution in [0.4, 0.5) is 3.89 Å². The first kappa shape index (κ1) is 20.4. The molecule has 1 fully saturated rings. The largest absolute Gasteiger partial charge is 0.493 e. The van der Waals surface area contributed by atoms with Crippen molar-refractivity contribution in [3.63, 3.8) is 0 Å². The van der Waals surface area contributed by atoms with Gasteiger partial charge in [0.25, 0.3) is 0 Å². The van der Waals surface area contributed by atoms with E-state index in [1.54, 1.807) is 14.2 Å². The molecule has 0 amide bonds. The number of hydrogen-bond donors (Lipinski definition) is 0. The van der Waals surface area contributed by atoms with Crippen LogP contribution in [0.5, 0.6) is 11.5 Å². The van der Waals surface area contributed by atoms with Crippen LogP contribution in [-0.2, 0) is 6.42 Å². The minimum Gasteiger partial charge on any atom is -0.493 e. The van der Waals surface area contributed by atoms with Gasteiger partial charge in [0.05, 0.1) is 32.1 Å². The van der Waals surface area contributed by atoms with Gasteiger partial charge in [-0.1, -0.05) is 25.7 Å².